The van der Waals surface area contributed by atoms with Gasteiger partial charge in [-0.05, 0) is 23.0 Å². The standard InChI is InChI=1S/C9H6O2.C5H11I/c10-9-6-5-7-3-1-2-4-8(7)11-9;1-2-3-4-5-6/h1-6H;2-5H2,1H3. The lowest BCUT2D eigenvalue weighted by Crippen LogP contribution is -1.93. The minimum Gasteiger partial charge on any atom is -0.423 e. The normalized spacial score (nSPS) is 9.76. The van der Waals surface area contributed by atoms with Gasteiger partial charge in [0.25, 0.3) is 0 Å². The topological polar surface area (TPSA) is 30.2 Å². The van der Waals surface area contributed by atoms with Crippen molar-refractivity contribution < 1.29 is 4.42 Å². The highest BCUT2D eigenvalue weighted by Gasteiger charge is 1.92. The molecule has 0 spiro atoms. The van der Waals surface area contributed by atoms with E-state index >= 15 is 0 Å². The molecule has 0 radical (unpaired) electrons. The van der Waals surface area contributed by atoms with E-state index in [1.54, 1.807) is 12.1 Å². The van der Waals surface area contributed by atoms with Crippen molar-refractivity contribution in [1.82, 2.24) is 0 Å². The van der Waals surface area contributed by atoms with Crippen molar-refractivity contribution in [3.05, 3.63) is 46.8 Å². The van der Waals surface area contributed by atoms with E-state index in [1.165, 1.54) is 29.8 Å². The monoisotopic (exact) mass is 344 g/mol. The lowest BCUT2D eigenvalue weighted by molar-refractivity contribution is 0.561. The van der Waals surface area contributed by atoms with Crippen molar-refractivity contribution in [3.63, 3.8) is 0 Å². The second-order valence-corrected chi connectivity index (χ2v) is 4.77. The summed E-state index contributed by atoms with van der Waals surface area (Å²) >= 11 is 2.41. The summed E-state index contributed by atoms with van der Waals surface area (Å²) in [5.74, 6) is 0. The summed E-state index contributed by atoms with van der Waals surface area (Å²) in [6.07, 6.45) is 4.16. The zero-order valence-electron chi connectivity index (χ0n) is 9.99. The second-order valence-electron chi connectivity index (χ2n) is 3.69. The molecule has 0 aliphatic carbocycles. The van der Waals surface area contributed by atoms with Crippen LogP contribution in [0.2, 0.25) is 0 Å². The van der Waals surface area contributed by atoms with Gasteiger partial charge in [-0.15, -0.1) is 0 Å². The smallest absolute Gasteiger partial charge is 0.336 e. The third-order valence-corrected chi connectivity index (χ3v) is 3.03. The highest BCUT2D eigenvalue weighted by Crippen LogP contribution is 2.08. The van der Waals surface area contributed by atoms with Crippen LogP contribution < -0.4 is 5.63 Å². The van der Waals surface area contributed by atoms with Gasteiger partial charge < -0.3 is 4.42 Å². The van der Waals surface area contributed by atoms with Gasteiger partial charge in [-0.25, -0.2) is 4.79 Å². The molecular formula is C14H17IO2. The quantitative estimate of drug-likeness (QED) is 0.357. The molecule has 2 aromatic rings. The molecule has 1 heterocycles. The molecule has 1 aromatic heterocycles. The predicted molar refractivity (Wildman–Crippen MR) is 80.9 cm³/mol. The second kappa shape index (κ2) is 8.28. The van der Waals surface area contributed by atoms with Gasteiger partial charge >= 0.3 is 5.63 Å². The van der Waals surface area contributed by atoms with Crippen LogP contribution >= 0.6 is 22.6 Å². The summed E-state index contributed by atoms with van der Waals surface area (Å²) in [7, 11) is 0. The first-order chi connectivity index (χ1) is 8.27. The Bertz CT molecular complexity index is 487. The molecule has 92 valence electrons. The van der Waals surface area contributed by atoms with Crippen LogP contribution in [-0.2, 0) is 0 Å². The molecule has 2 rings (SSSR count). The minimum atomic E-state index is -0.302. The van der Waals surface area contributed by atoms with Crippen molar-refractivity contribution in [1.29, 1.82) is 0 Å². The number of halogens is 1. The van der Waals surface area contributed by atoms with Crippen LogP contribution in [0.25, 0.3) is 11.0 Å². The maximum absolute atomic E-state index is 10.7. The van der Waals surface area contributed by atoms with E-state index in [4.69, 9.17) is 4.42 Å². The molecule has 1 aromatic carbocycles. The fourth-order valence-electron chi connectivity index (χ4n) is 1.36. The van der Waals surface area contributed by atoms with Crippen LogP contribution in [0.1, 0.15) is 26.2 Å². The van der Waals surface area contributed by atoms with Gasteiger partial charge in [0.15, 0.2) is 0 Å². The van der Waals surface area contributed by atoms with E-state index in [1.807, 2.05) is 18.2 Å². The minimum absolute atomic E-state index is 0.302. The fourth-order valence-corrected chi connectivity index (χ4v) is 1.90. The zero-order chi connectivity index (χ0) is 12.5. The molecule has 0 atom stereocenters. The van der Waals surface area contributed by atoms with Crippen LogP contribution in [0.3, 0.4) is 0 Å². The predicted octanol–water partition coefficient (Wildman–Crippen LogP) is 4.40. The van der Waals surface area contributed by atoms with E-state index in [9.17, 15) is 4.79 Å². The van der Waals surface area contributed by atoms with E-state index in [0.29, 0.717) is 5.58 Å². The molecule has 0 aliphatic rings. The first kappa shape index (κ1) is 14.2. The van der Waals surface area contributed by atoms with Gasteiger partial charge in [0.1, 0.15) is 5.58 Å². The summed E-state index contributed by atoms with van der Waals surface area (Å²) in [6.45, 7) is 2.23. The van der Waals surface area contributed by atoms with Crippen LogP contribution in [0.5, 0.6) is 0 Å². The molecule has 0 saturated carbocycles. The Morgan fingerprint density at radius 1 is 1.12 bits per heavy atom. The summed E-state index contributed by atoms with van der Waals surface area (Å²) in [4.78, 5) is 10.7. The van der Waals surface area contributed by atoms with Crippen LogP contribution in [0, 0.1) is 0 Å². The Balaban J connectivity index is 0.000000209. The Kier molecular flexibility index (Phi) is 6.93. The van der Waals surface area contributed by atoms with E-state index in [-0.39, 0.29) is 5.63 Å². The molecule has 0 N–H and O–H groups in total. The van der Waals surface area contributed by atoms with Gasteiger partial charge in [-0.2, -0.15) is 0 Å². The number of hydrogen-bond acceptors (Lipinski definition) is 2. The molecule has 0 fully saturated rings. The Morgan fingerprint density at radius 2 is 1.88 bits per heavy atom. The molecule has 0 unspecified atom stereocenters. The lowest BCUT2D eigenvalue weighted by atomic mass is 10.2. The summed E-state index contributed by atoms with van der Waals surface area (Å²) in [5.41, 5.74) is 0.337. The Labute approximate surface area is 115 Å². The maximum atomic E-state index is 10.7. The number of benzene rings is 1. The largest absolute Gasteiger partial charge is 0.423 e. The van der Waals surface area contributed by atoms with E-state index in [0.717, 1.165) is 5.39 Å². The molecule has 17 heavy (non-hydrogen) atoms. The number of unbranched alkanes of at least 4 members (excludes halogenated alkanes) is 2. The molecule has 0 amide bonds. The number of rotatable bonds is 3. The number of alkyl halides is 1. The van der Waals surface area contributed by atoms with E-state index < -0.39 is 0 Å². The van der Waals surface area contributed by atoms with Gasteiger partial charge in [0.05, 0.1) is 0 Å². The van der Waals surface area contributed by atoms with Gasteiger partial charge in [0, 0.05) is 11.5 Å². The SMILES string of the molecule is CCCCCI.O=c1ccc2ccccc2o1. The molecule has 0 aliphatic heterocycles. The third-order valence-electron chi connectivity index (χ3n) is 2.27. The third kappa shape index (κ3) is 5.35. The van der Waals surface area contributed by atoms with Crippen LogP contribution in [0.4, 0.5) is 0 Å². The maximum Gasteiger partial charge on any atom is 0.336 e. The van der Waals surface area contributed by atoms with Gasteiger partial charge in [0.2, 0.25) is 0 Å². The van der Waals surface area contributed by atoms with Crippen LogP contribution in [0.15, 0.2) is 45.6 Å². The van der Waals surface area contributed by atoms with Gasteiger partial charge in [-0.1, -0.05) is 60.6 Å². The molecule has 0 saturated heterocycles. The number of fused-ring (bicyclic) bond motifs is 1. The summed E-state index contributed by atoms with van der Waals surface area (Å²) in [5, 5.41) is 0.951. The first-order valence-electron chi connectivity index (χ1n) is 5.82. The fraction of sp³-hybridized carbons (Fsp3) is 0.357. The number of para-hydroxylation sites is 1. The highest BCUT2D eigenvalue weighted by molar-refractivity contribution is 14.1. The highest BCUT2D eigenvalue weighted by atomic mass is 127. The van der Waals surface area contributed by atoms with Crippen LogP contribution in [-0.4, -0.2) is 4.43 Å². The van der Waals surface area contributed by atoms with Gasteiger partial charge in [-0.3, -0.25) is 0 Å². The Hall–Kier alpha value is -0.840. The van der Waals surface area contributed by atoms with E-state index in [2.05, 4.69) is 29.5 Å². The van der Waals surface area contributed by atoms with Crippen molar-refractivity contribution in [2.45, 2.75) is 26.2 Å². The van der Waals surface area contributed by atoms with Crippen molar-refractivity contribution >= 4 is 33.6 Å². The zero-order valence-corrected chi connectivity index (χ0v) is 12.1. The molecule has 0 bridgehead atoms. The summed E-state index contributed by atoms with van der Waals surface area (Å²) in [6, 6.07) is 10.6. The average molecular weight is 344 g/mol. The van der Waals surface area contributed by atoms with Crippen molar-refractivity contribution in [2.24, 2.45) is 0 Å². The molecule has 3 heteroatoms. The average Bonchev–Trinajstić information content (AvgIpc) is 2.37. The number of hydrogen-bond donors (Lipinski definition) is 0. The van der Waals surface area contributed by atoms with Crippen molar-refractivity contribution in [3.8, 4) is 0 Å². The lowest BCUT2D eigenvalue weighted by Gasteiger charge is -1.91. The first-order valence-corrected chi connectivity index (χ1v) is 7.35. The Morgan fingerprint density at radius 3 is 2.53 bits per heavy atom. The summed E-state index contributed by atoms with van der Waals surface area (Å²) < 4.78 is 6.23. The molecular weight excluding hydrogens is 327 g/mol. The molecule has 2 nitrogen and oxygen atoms in total. The van der Waals surface area contributed by atoms with Crippen molar-refractivity contribution in [2.75, 3.05) is 4.43 Å².